The minimum absolute atomic E-state index is 0.306. The molecule has 0 saturated heterocycles. The van der Waals surface area contributed by atoms with Gasteiger partial charge in [0.25, 0.3) is 0 Å². The first-order chi connectivity index (χ1) is 13.2. The fraction of sp³-hybridized carbons (Fsp3) is 0.261. The number of hydrogen-bond acceptors (Lipinski definition) is 3. The minimum Gasteiger partial charge on any atom is -0.478 e. The fourth-order valence-corrected chi connectivity index (χ4v) is 4.24. The van der Waals surface area contributed by atoms with E-state index in [0.29, 0.717) is 16.9 Å². The first kappa shape index (κ1) is 20.1. The van der Waals surface area contributed by atoms with Gasteiger partial charge in [-0.25, -0.2) is 13.2 Å². The third-order valence-electron chi connectivity index (χ3n) is 4.99. The maximum absolute atomic E-state index is 11.9. The lowest BCUT2D eigenvalue weighted by molar-refractivity contribution is 0.0695. The molecule has 0 radical (unpaired) electrons. The van der Waals surface area contributed by atoms with E-state index < -0.39 is 15.8 Å². The van der Waals surface area contributed by atoms with Crippen molar-refractivity contribution in [3.05, 3.63) is 69.8 Å². The van der Waals surface area contributed by atoms with Crippen LogP contribution in [0.25, 0.3) is 17.7 Å². The summed E-state index contributed by atoms with van der Waals surface area (Å²) in [5.41, 5.74) is 5.99. The number of carboxylic acid groups (broad SMARTS) is 1. The molecule has 0 bridgehead atoms. The molecule has 2 aromatic carbocycles. The molecule has 0 aliphatic heterocycles. The predicted molar refractivity (Wildman–Crippen MR) is 113 cm³/mol. The van der Waals surface area contributed by atoms with E-state index in [4.69, 9.17) is 0 Å². The molecule has 1 aliphatic rings. The summed E-state index contributed by atoms with van der Waals surface area (Å²) in [5.74, 6) is -0.925. The third kappa shape index (κ3) is 3.94. The summed E-state index contributed by atoms with van der Waals surface area (Å²) in [4.78, 5) is 11.9. The Hall–Kier alpha value is -2.66. The third-order valence-corrected chi connectivity index (χ3v) is 6.10. The summed E-state index contributed by atoms with van der Waals surface area (Å²) in [7, 11) is -3.27. The Labute approximate surface area is 166 Å². The summed E-state index contributed by atoms with van der Waals surface area (Å²) in [6.45, 7) is 4.04. The highest BCUT2D eigenvalue weighted by atomic mass is 32.2. The number of allylic oxidation sites excluding steroid dienone is 2. The van der Waals surface area contributed by atoms with Gasteiger partial charge in [0.2, 0.25) is 0 Å². The normalized spacial score (nSPS) is 14.8. The highest BCUT2D eigenvalue weighted by Gasteiger charge is 2.21. The summed E-state index contributed by atoms with van der Waals surface area (Å²) in [6.07, 6.45) is 7.74. The van der Waals surface area contributed by atoms with Gasteiger partial charge in [-0.15, -0.1) is 0 Å². The molecule has 0 amide bonds. The lowest BCUT2D eigenvalue weighted by atomic mass is 9.95. The van der Waals surface area contributed by atoms with Crippen LogP contribution in [0.1, 0.15) is 59.3 Å². The highest BCUT2D eigenvalue weighted by Crippen LogP contribution is 2.40. The second-order valence-electron chi connectivity index (χ2n) is 7.07. The predicted octanol–water partition coefficient (Wildman–Crippen LogP) is 5.09. The number of rotatable bonds is 6. The summed E-state index contributed by atoms with van der Waals surface area (Å²) < 4.78 is 23.8. The molecule has 3 rings (SSSR count). The van der Waals surface area contributed by atoms with Gasteiger partial charge in [0.05, 0.1) is 10.5 Å². The van der Waals surface area contributed by atoms with Crippen molar-refractivity contribution in [1.29, 1.82) is 0 Å². The number of benzene rings is 2. The minimum atomic E-state index is -3.27. The van der Waals surface area contributed by atoms with Crippen LogP contribution in [0.15, 0.2) is 46.9 Å². The second-order valence-corrected chi connectivity index (χ2v) is 9.09. The van der Waals surface area contributed by atoms with Crippen LogP contribution in [0.4, 0.5) is 0 Å². The number of aromatic carboxylic acids is 1. The van der Waals surface area contributed by atoms with E-state index in [-0.39, 0.29) is 0 Å². The molecule has 0 unspecified atom stereocenters. The standard InChI is InChI=1S/C23H24O4S/c1-4-6-17-13-18-14-19(28(3,26)27)9-10-20(18)21(17)11-15-7-8-16(5-2)22(12-15)23(24)25/h7-14H,4-6H2,1-3H3,(H,24,25)/b21-11-. The zero-order valence-electron chi connectivity index (χ0n) is 16.3. The molecule has 0 atom stereocenters. The zero-order chi connectivity index (χ0) is 20.5. The molecule has 5 heteroatoms. The highest BCUT2D eigenvalue weighted by molar-refractivity contribution is 7.90. The van der Waals surface area contributed by atoms with Crippen molar-refractivity contribution in [2.45, 2.75) is 38.0 Å². The van der Waals surface area contributed by atoms with E-state index in [1.165, 1.54) is 6.26 Å². The number of sulfone groups is 1. The van der Waals surface area contributed by atoms with Gasteiger partial charge in [0, 0.05) is 6.26 Å². The number of fused-ring (bicyclic) bond motifs is 1. The molecule has 0 fully saturated rings. The van der Waals surface area contributed by atoms with Crippen molar-refractivity contribution in [1.82, 2.24) is 0 Å². The first-order valence-electron chi connectivity index (χ1n) is 9.38. The second kappa shape index (κ2) is 7.76. The quantitative estimate of drug-likeness (QED) is 0.738. The average Bonchev–Trinajstić information content (AvgIpc) is 2.98. The number of carbonyl (C=O) groups is 1. The largest absolute Gasteiger partial charge is 0.478 e. The van der Waals surface area contributed by atoms with Gasteiger partial charge in [-0.2, -0.15) is 0 Å². The Kier molecular flexibility index (Phi) is 5.57. The summed E-state index contributed by atoms with van der Waals surface area (Å²) in [6, 6.07) is 10.7. The molecule has 2 aromatic rings. The van der Waals surface area contributed by atoms with Crippen LogP contribution in [0.5, 0.6) is 0 Å². The van der Waals surface area contributed by atoms with E-state index >= 15 is 0 Å². The van der Waals surface area contributed by atoms with Gasteiger partial charge < -0.3 is 5.11 Å². The van der Waals surface area contributed by atoms with Gasteiger partial charge in [-0.3, -0.25) is 0 Å². The van der Waals surface area contributed by atoms with E-state index in [2.05, 4.69) is 6.92 Å². The molecule has 146 valence electrons. The Bertz CT molecular complexity index is 1110. The SMILES string of the molecule is CCCC1=Cc2cc(S(C)(=O)=O)ccc2/C1=C\c1ccc(CC)c(C(=O)O)c1. The zero-order valence-corrected chi connectivity index (χ0v) is 17.1. The Morgan fingerprint density at radius 1 is 1.11 bits per heavy atom. The average molecular weight is 397 g/mol. The van der Waals surface area contributed by atoms with Crippen molar-refractivity contribution in [2.24, 2.45) is 0 Å². The van der Waals surface area contributed by atoms with E-state index in [9.17, 15) is 18.3 Å². The Morgan fingerprint density at radius 2 is 1.86 bits per heavy atom. The molecular formula is C23H24O4S. The van der Waals surface area contributed by atoms with Crippen molar-refractivity contribution in [2.75, 3.05) is 6.26 Å². The molecule has 28 heavy (non-hydrogen) atoms. The van der Waals surface area contributed by atoms with Gasteiger partial charge in [-0.05, 0) is 70.5 Å². The first-order valence-corrected chi connectivity index (χ1v) is 11.3. The van der Waals surface area contributed by atoms with Gasteiger partial charge in [0.15, 0.2) is 9.84 Å². The molecule has 0 aromatic heterocycles. The molecule has 0 heterocycles. The van der Waals surface area contributed by atoms with Crippen molar-refractivity contribution < 1.29 is 18.3 Å². The van der Waals surface area contributed by atoms with Crippen molar-refractivity contribution >= 4 is 33.5 Å². The van der Waals surface area contributed by atoms with Gasteiger partial charge >= 0.3 is 5.97 Å². The van der Waals surface area contributed by atoms with Crippen LogP contribution < -0.4 is 0 Å². The van der Waals surface area contributed by atoms with Crippen LogP contribution in [-0.2, 0) is 16.3 Å². The monoisotopic (exact) mass is 396 g/mol. The van der Waals surface area contributed by atoms with E-state index in [1.807, 2.05) is 37.3 Å². The molecule has 4 nitrogen and oxygen atoms in total. The van der Waals surface area contributed by atoms with Crippen LogP contribution in [0.3, 0.4) is 0 Å². The number of hydrogen-bond donors (Lipinski definition) is 1. The smallest absolute Gasteiger partial charge is 0.335 e. The molecular weight excluding hydrogens is 372 g/mol. The van der Waals surface area contributed by atoms with E-state index in [0.717, 1.165) is 46.2 Å². The molecule has 0 saturated carbocycles. The number of aryl methyl sites for hydroxylation is 1. The summed E-state index contributed by atoms with van der Waals surface area (Å²) >= 11 is 0. The molecule has 1 N–H and O–H groups in total. The van der Waals surface area contributed by atoms with Gasteiger partial charge in [-0.1, -0.05) is 44.5 Å². The van der Waals surface area contributed by atoms with Crippen molar-refractivity contribution in [3.63, 3.8) is 0 Å². The summed E-state index contributed by atoms with van der Waals surface area (Å²) in [5, 5.41) is 9.49. The van der Waals surface area contributed by atoms with Gasteiger partial charge in [0.1, 0.15) is 0 Å². The van der Waals surface area contributed by atoms with Crippen LogP contribution in [0.2, 0.25) is 0 Å². The fourth-order valence-electron chi connectivity index (χ4n) is 3.58. The lowest BCUT2D eigenvalue weighted by Crippen LogP contribution is -2.02. The van der Waals surface area contributed by atoms with Crippen LogP contribution in [0, 0.1) is 0 Å². The van der Waals surface area contributed by atoms with Crippen LogP contribution in [-0.4, -0.2) is 25.7 Å². The Morgan fingerprint density at radius 3 is 2.46 bits per heavy atom. The molecule has 0 spiro atoms. The topological polar surface area (TPSA) is 71.4 Å². The van der Waals surface area contributed by atoms with E-state index in [1.54, 1.807) is 18.2 Å². The number of carboxylic acids is 1. The maximum Gasteiger partial charge on any atom is 0.335 e. The van der Waals surface area contributed by atoms with Crippen molar-refractivity contribution in [3.8, 4) is 0 Å². The van der Waals surface area contributed by atoms with Crippen LogP contribution >= 0.6 is 0 Å². The molecule has 1 aliphatic carbocycles. The maximum atomic E-state index is 11.9. The lowest BCUT2D eigenvalue weighted by Gasteiger charge is -2.10. The Balaban J connectivity index is 2.13.